The lowest BCUT2D eigenvalue weighted by Crippen LogP contribution is -2.49. The number of rotatable bonds is 15. The number of carbonyl (C=O) groups excluding carboxylic acids is 5. The van der Waals surface area contributed by atoms with E-state index in [0.717, 1.165) is 28.7 Å². The third-order valence-corrected chi connectivity index (χ3v) is 11.5. The summed E-state index contributed by atoms with van der Waals surface area (Å²) in [5.41, 5.74) is 4.78. The maximum atomic E-state index is 13.6. The van der Waals surface area contributed by atoms with Crippen LogP contribution in [0.1, 0.15) is 80.4 Å². The number of hydrogen-bond donors (Lipinski definition) is 4. The number of ether oxygens (including phenoxy) is 2. The zero-order valence-corrected chi connectivity index (χ0v) is 35.5. The molecule has 4 amide bonds. The number of nitrogens with zero attached hydrogens (tertiary/aromatic N) is 5. The fraction of sp³-hybridized carbons (Fsp3) is 0.383. The van der Waals surface area contributed by atoms with Gasteiger partial charge in [-0.1, -0.05) is 62.4 Å². The number of carbonyl (C=O) groups is 5. The molecule has 0 radical (unpaired) electrons. The summed E-state index contributed by atoms with van der Waals surface area (Å²) >= 11 is 0. The smallest absolute Gasteiger partial charge is 0.407 e. The molecule has 1 aliphatic heterocycles. The average Bonchev–Trinajstić information content (AvgIpc) is 3.88. The van der Waals surface area contributed by atoms with E-state index in [1.54, 1.807) is 25.1 Å². The first-order valence-corrected chi connectivity index (χ1v) is 21.0. The van der Waals surface area contributed by atoms with Crippen molar-refractivity contribution in [1.29, 1.82) is 0 Å². The summed E-state index contributed by atoms with van der Waals surface area (Å²) in [6.07, 6.45) is 2.18. The van der Waals surface area contributed by atoms with Gasteiger partial charge < -0.3 is 30.5 Å². The molecule has 1 saturated heterocycles. The Hall–Kier alpha value is -7.15. The van der Waals surface area contributed by atoms with Gasteiger partial charge in [0.25, 0.3) is 5.91 Å². The van der Waals surface area contributed by atoms with E-state index in [1.165, 1.54) is 11.2 Å². The van der Waals surface area contributed by atoms with Crippen molar-refractivity contribution in [3.05, 3.63) is 113 Å². The monoisotopic (exact) mass is 854 g/mol. The number of aliphatic hydroxyl groups excluding tert-OH is 1. The highest BCUT2D eigenvalue weighted by Crippen LogP contribution is 2.44. The molecule has 4 aromatic rings. The quantitative estimate of drug-likeness (QED) is 0.0654. The van der Waals surface area contributed by atoms with Gasteiger partial charge in [0.05, 0.1) is 30.8 Å². The zero-order valence-electron chi connectivity index (χ0n) is 35.5. The normalized spacial score (nSPS) is 17.4. The van der Waals surface area contributed by atoms with E-state index in [1.807, 2.05) is 62.4 Å². The molecule has 63 heavy (non-hydrogen) atoms. The van der Waals surface area contributed by atoms with Crippen LogP contribution in [0.3, 0.4) is 0 Å². The van der Waals surface area contributed by atoms with Gasteiger partial charge in [-0.25, -0.2) is 21.3 Å². The molecule has 326 valence electrons. The predicted molar refractivity (Wildman–Crippen MR) is 234 cm³/mol. The van der Waals surface area contributed by atoms with E-state index in [9.17, 15) is 29.1 Å². The van der Waals surface area contributed by atoms with Crippen LogP contribution in [0.25, 0.3) is 26.9 Å². The molecule has 0 bridgehead atoms. The number of hydrogen-bond acceptors (Lipinski definition) is 11. The Kier molecular flexibility index (Phi) is 13.4. The van der Waals surface area contributed by atoms with E-state index >= 15 is 0 Å². The summed E-state index contributed by atoms with van der Waals surface area (Å²) in [6, 6.07) is 19.7. The van der Waals surface area contributed by atoms with Gasteiger partial charge in [0.1, 0.15) is 36.2 Å². The summed E-state index contributed by atoms with van der Waals surface area (Å²) in [6.45, 7) is 13.1. The highest BCUT2D eigenvalue weighted by molar-refractivity contribution is 6.22. The van der Waals surface area contributed by atoms with E-state index in [2.05, 4.69) is 35.8 Å². The number of Topliss-reactive ketones (excluding diaryl/α,β-unsaturated/α-hetero) is 1. The van der Waals surface area contributed by atoms with Gasteiger partial charge in [-0.15, -0.1) is 0 Å². The molecule has 0 saturated carbocycles. The molecular weight excluding hydrogens is 805 g/mol. The minimum absolute atomic E-state index is 0.0367. The molecule has 3 aliphatic rings. The van der Waals surface area contributed by atoms with Crippen LogP contribution >= 0.6 is 0 Å². The highest BCUT2D eigenvalue weighted by Gasteiger charge is 2.35. The van der Waals surface area contributed by atoms with Gasteiger partial charge in [-0.2, -0.15) is 0 Å². The van der Waals surface area contributed by atoms with Gasteiger partial charge >= 0.3 is 12.3 Å². The summed E-state index contributed by atoms with van der Waals surface area (Å²) < 4.78 is 11.7. The number of alkyl carbamates (subject to hydrolysis) is 1. The minimum atomic E-state index is -1.18. The van der Waals surface area contributed by atoms with E-state index < -0.39 is 35.5 Å². The number of benzene rings is 3. The maximum absolute atomic E-state index is 13.6. The summed E-state index contributed by atoms with van der Waals surface area (Å²) in [5, 5.41) is 19.3. The Morgan fingerprint density at radius 3 is 2.46 bits per heavy atom. The lowest BCUT2D eigenvalue weighted by atomic mass is 9.76. The zero-order chi connectivity index (χ0) is 44.7. The molecule has 4 N–H and O–H groups in total. The molecule has 1 aromatic heterocycles. The number of aliphatic imine (C=N–C) groups is 1. The van der Waals surface area contributed by atoms with Crippen molar-refractivity contribution in [2.75, 3.05) is 39.4 Å². The molecule has 1 fully saturated rings. The Morgan fingerprint density at radius 2 is 1.75 bits per heavy atom. The lowest BCUT2D eigenvalue weighted by Gasteiger charge is -2.29. The van der Waals surface area contributed by atoms with Crippen LogP contribution in [-0.4, -0.2) is 107 Å². The molecule has 16 heteroatoms. The number of aliphatic hydroxyl groups is 1. The van der Waals surface area contributed by atoms with Crippen molar-refractivity contribution in [3.8, 4) is 16.9 Å². The molecule has 2 atom stereocenters. The summed E-state index contributed by atoms with van der Waals surface area (Å²) in [7, 11) is 0. The maximum Gasteiger partial charge on any atom is 0.407 e. The standard InChI is InChI=1S/C47H50N8O8/c1-28(42-38(56)22-47(2,3)23-39(42)57)50-24-37(54-46(61)63-26-35-32-13-7-5-11-30(32)31-12-6-8-14-33(31)35)44(59)49-18-10-20-62-29-16-17-36-34(21-29)43(53-27-52-36)45(60)51-25-41(58)55-19-9-15-40(55)48-4/h5-8,11-14,16-17,21,27,35,37,40,56H,9-10,15,18-20,22-26H2,1-3H3,(H,49,59)(H,51,60)(H,54,61)/t37-,40?/m1/s1. The topological polar surface area (TPSA) is 206 Å². The number of amides is 4. The van der Waals surface area contributed by atoms with Crippen molar-refractivity contribution in [2.45, 2.75) is 71.0 Å². The third kappa shape index (κ3) is 10.2. The summed E-state index contributed by atoms with van der Waals surface area (Å²) in [4.78, 5) is 83.7. The van der Waals surface area contributed by atoms with Crippen molar-refractivity contribution >= 4 is 46.2 Å². The SMILES string of the molecule is [C-]#[N+]C1CCCN1C(=O)CNC(=O)c1ncnc2ccc(OCCCNC(=O)[C@@H](CN=C(C)C3=C(O)CC(C)(C)CC3=O)NC(=O)OCC3c4ccccc4-c4ccccc43)cc12. The van der Waals surface area contributed by atoms with Gasteiger partial charge in [-0.3, -0.25) is 33.9 Å². The van der Waals surface area contributed by atoms with E-state index in [0.29, 0.717) is 42.5 Å². The second-order valence-electron chi connectivity index (χ2n) is 16.6. The van der Waals surface area contributed by atoms with Crippen LogP contribution in [0.5, 0.6) is 5.75 Å². The molecule has 16 nitrogen and oxygen atoms in total. The molecule has 2 aliphatic carbocycles. The van der Waals surface area contributed by atoms with Crippen molar-refractivity contribution in [3.63, 3.8) is 0 Å². The van der Waals surface area contributed by atoms with Crippen LogP contribution in [0.15, 0.2) is 89.4 Å². The molecular formula is C47H50N8O8. The largest absolute Gasteiger partial charge is 0.511 e. The first-order chi connectivity index (χ1) is 30.3. The van der Waals surface area contributed by atoms with Gasteiger partial charge in [0.15, 0.2) is 5.78 Å². The Morgan fingerprint density at radius 1 is 1.02 bits per heavy atom. The first kappa shape index (κ1) is 43.9. The van der Waals surface area contributed by atoms with E-state index in [4.69, 9.17) is 16.0 Å². The number of allylic oxidation sites excluding steroid dienone is 2. The van der Waals surface area contributed by atoms with Crippen LogP contribution in [0.4, 0.5) is 4.79 Å². The number of aromatic nitrogens is 2. The Bertz CT molecular complexity index is 2500. The van der Waals surface area contributed by atoms with Gasteiger partial charge in [-0.05, 0) is 65.6 Å². The van der Waals surface area contributed by atoms with Crippen molar-refractivity contribution in [1.82, 2.24) is 30.8 Å². The first-order valence-electron chi connectivity index (χ1n) is 21.0. The summed E-state index contributed by atoms with van der Waals surface area (Å²) in [5.74, 6) is -1.52. The lowest BCUT2D eigenvalue weighted by molar-refractivity contribution is -0.130. The predicted octanol–water partition coefficient (Wildman–Crippen LogP) is 5.68. The highest BCUT2D eigenvalue weighted by atomic mass is 16.5. The van der Waals surface area contributed by atoms with Gasteiger partial charge in [0, 0.05) is 49.4 Å². The van der Waals surface area contributed by atoms with Crippen molar-refractivity contribution in [2.24, 2.45) is 10.4 Å². The second kappa shape index (κ2) is 19.3. The molecule has 0 spiro atoms. The van der Waals surface area contributed by atoms with Crippen LogP contribution < -0.4 is 20.7 Å². The van der Waals surface area contributed by atoms with Crippen LogP contribution in [0.2, 0.25) is 0 Å². The molecule has 7 rings (SSSR count). The van der Waals surface area contributed by atoms with Crippen LogP contribution in [0, 0.1) is 12.0 Å². The fourth-order valence-electron chi connectivity index (χ4n) is 8.40. The second-order valence-corrected chi connectivity index (χ2v) is 16.6. The molecule has 1 unspecified atom stereocenters. The minimum Gasteiger partial charge on any atom is -0.511 e. The molecule has 2 heterocycles. The van der Waals surface area contributed by atoms with E-state index in [-0.39, 0.29) is 79.6 Å². The fourth-order valence-corrected chi connectivity index (χ4v) is 8.40. The van der Waals surface area contributed by atoms with Crippen LogP contribution in [-0.2, 0) is 19.1 Å². The number of likely N-dealkylation sites (tertiary alicyclic amines) is 1. The average molecular weight is 855 g/mol. The molecule has 3 aromatic carbocycles. The number of nitrogens with one attached hydrogen (secondary N) is 3. The number of ketones is 1. The van der Waals surface area contributed by atoms with Crippen molar-refractivity contribution < 1.29 is 38.6 Å². The Balaban J connectivity index is 0.963. The number of fused-ring (bicyclic) bond motifs is 4. The third-order valence-electron chi connectivity index (χ3n) is 11.5. The Labute approximate surface area is 365 Å². The van der Waals surface area contributed by atoms with Gasteiger partial charge in [0.2, 0.25) is 11.8 Å².